The van der Waals surface area contributed by atoms with E-state index in [9.17, 15) is 4.79 Å². The van der Waals surface area contributed by atoms with Crippen LogP contribution in [0.25, 0.3) is 0 Å². The minimum absolute atomic E-state index is 0.186. The highest BCUT2D eigenvalue weighted by Crippen LogP contribution is 2.04. The van der Waals surface area contributed by atoms with Crippen LogP contribution >= 0.6 is 0 Å². The zero-order valence-corrected chi connectivity index (χ0v) is 8.22. The molecule has 0 amide bonds. The maximum absolute atomic E-state index is 10.4. The predicted molar refractivity (Wildman–Crippen MR) is 49.0 cm³/mol. The normalized spacial score (nSPS) is 21.1. The lowest BCUT2D eigenvalue weighted by atomic mass is 10.2. The standard InChI is InChI=1S/C7H13NO2.C2H6/c1-6(9)10-5-7-3-2-4-8-7;1-2/h7-8H,2-5H2,1H3;1-2H3. The van der Waals surface area contributed by atoms with E-state index in [1.54, 1.807) is 0 Å². The Kier molecular flexibility index (Phi) is 6.76. The molecule has 1 unspecified atom stereocenters. The van der Waals surface area contributed by atoms with Crippen molar-refractivity contribution in [2.24, 2.45) is 0 Å². The van der Waals surface area contributed by atoms with E-state index in [0.717, 1.165) is 13.0 Å². The average Bonchev–Trinajstić information content (AvgIpc) is 2.56. The fraction of sp³-hybridized carbons (Fsp3) is 0.889. The molecule has 1 atom stereocenters. The van der Waals surface area contributed by atoms with Gasteiger partial charge in [-0.3, -0.25) is 4.79 Å². The minimum Gasteiger partial charge on any atom is -0.464 e. The van der Waals surface area contributed by atoms with Gasteiger partial charge in [0, 0.05) is 13.0 Å². The summed E-state index contributed by atoms with van der Waals surface area (Å²) in [5.41, 5.74) is 0. The first-order valence-corrected chi connectivity index (χ1v) is 4.66. The van der Waals surface area contributed by atoms with E-state index >= 15 is 0 Å². The molecule has 1 aliphatic rings. The quantitative estimate of drug-likeness (QED) is 0.640. The van der Waals surface area contributed by atoms with E-state index in [2.05, 4.69) is 5.32 Å². The number of hydrogen-bond acceptors (Lipinski definition) is 3. The van der Waals surface area contributed by atoms with Crippen molar-refractivity contribution in [2.75, 3.05) is 13.2 Å². The van der Waals surface area contributed by atoms with Gasteiger partial charge in [0.15, 0.2) is 0 Å². The Bertz CT molecular complexity index is 120. The predicted octanol–water partition coefficient (Wildman–Crippen LogP) is 1.33. The number of carbonyl (C=O) groups is 1. The Morgan fingerprint density at radius 1 is 1.58 bits per heavy atom. The molecule has 0 bridgehead atoms. The smallest absolute Gasteiger partial charge is 0.302 e. The van der Waals surface area contributed by atoms with Crippen molar-refractivity contribution in [3.63, 3.8) is 0 Å². The first-order chi connectivity index (χ1) is 5.79. The molecule has 0 aromatic carbocycles. The second-order valence-electron chi connectivity index (χ2n) is 2.60. The van der Waals surface area contributed by atoms with E-state index in [0.29, 0.717) is 12.6 Å². The summed E-state index contributed by atoms with van der Waals surface area (Å²) in [6, 6.07) is 0.406. The van der Waals surface area contributed by atoms with Crippen molar-refractivity contribution >= 4 is 5.97 Å². The van der Waals surface area contributed by atoms with Crippen LogP contribution in [0.15, 0.2) is 0 Å². The summed E-state index contributed by atoms with van der Waals surface area (Å²) in [5.74, 6) is -0.186. The zero-order chi connectivity index (χ0) is 9.40. The third-order valence-electron chi connectivity index (χ3n) is 1.65. The van der Waals surface area contributed by atoms with Crippen LogP contribution in [0.1, 0.15) is 33.6 Å². The summed E-state index contributed by atoms with van der Waals surface area (Å²) in [6.07, 6.45) is 2.33. The van der Waals surface area contributed by atoms with Crippen molar-refractivity contribution in [1.82, 2.24) is 5.32 Å². The molecule has 0 spiro atoms. The highest BCUT2D eigenvalue weighted by molar-refractivity contribution is 5.65. The fourth-order valence-corrected chi connectivity index (χ4v) is 1.12. The van der Waals surface area contributed by atoms with Gasteiger partial charge < -0.3 is 10.1 Å². The number of hydrogen-bond donors (Lipinski definition) is 1. The fourth-order valence-electron chi connectivity index (χ4n) is 1.12. The van der Waals surface area contributed by atoms with Crippen LogP contribution in [-0.2, 0) is 9.53 Å². The van der Waals surface area contributed by atoms with Crippen LogP contribution in [0.5, 0.6) is 0 Å². The van der Waals surface area contributed by atoms with Gasteiger partial charge in [-0.25, -0.2) is 0 Å². The summed E-state index contributed by atoms with van der Waals surface area (Å²) < 4.78 is 4.82. The summed E-state index contributed by atoms with van der Waals surface area (Å²) >= 11 is 0. The van der Waals surface area contributed by atoms with Crippen molar-refractivity contribution in [2.45, 2.75) is 39.7 Å². The largest absolute Gasteiger partial charge is 0.464 e. The molecule has 1 aliphatic heterocycles. The Labute approximate surface area is 74.5 Å². The van der Waals surface area contributed by atoms with Gasteiger partial charge in [-0.1, -0.05) is 13.8 Å². The molecule has 1 saturated heterocycles. The van der Waals surface area contributed by atoms with Crippen molar-refractivity contribution in [3.05, 3.63) is 0 Å². The number of rotatable bonds is 2. The molecule has 0 aromatic rings. The summed E-state index contributed by atoms with van der Waals surface area (Å²) in [5, 5.41) is 3.23. The number of nitrogens with one attached hydrogen (secondary N) is 1. The average molecular weight is 173 g/mol. The van der Waals surface area contributed by atoms with Gasteiger partial charge in [0.25, 0.3) is 0 Å². The van der Waals surface area contributed by atoms with Crippen LogP contribution in [0.2, 0.25) is 0 Å². The number of esters is 1. The zero-order valence-electron chi connectivity index (χ0n) is 8.22. The SMILES string of the molecule is CC.CC(=O)OCC1CCCN1. The van der Waals surface area contributed by atoms with Crippen LogP contribution in [-0.4, -0.2) is 25.2 Å². The van der Waals surface area contributed by atoms with Gasteiger partial charge in [0.05, 0.1) is 0 Å². The molecule has 12 heavy (non-hydrogen) atoms. The van der Waals surface area contributed by atoms with Crippen LogP contribution in [0, 0.1) is 0 Å². The third kappa shape index (κ3) is 5.13. The first-order valence-electron chi connectivity index (χ1n) is 4.66. The molecular weight excluding hydrogens is 154 g/mol. The van der Waals surface area contributed by atoms with Crippen molar-refractivity contribution in [3.8, 4) is 0 Å². The lowest BCUT2D eigenvalue weighted by Gasteiger charge is -2.08. The molecule has 1 N–H and O–H groups in total. The van der Waals surface area contributed by atoms with E-state index in [-0.39, 0.29) is 5.97 Å². The molecule has 72 valence electrons. The number of carbonyl (C=O) groups excluding carboxylic acids is 1. The second-order valence-corrected chi connectivity index (χ2v) is 2.60. The van der Waals surface area contributed by atoms with Gasteiger partial charge in [0.2, 0.25) is 0 Å². The summed E-state index contributed by atoms with van der Waals surface area (Å²) in [6.45, 7) is 7.04. The maximum atomic E-state index is 10.4. The van der Waals surface area contributed by atoms with E-state index in [1.807, 2.05) is 13.8 Å². The molecular formula is C9H19NO2. The monoisotopic (exact) mass is 173 g/mol. The number of ether oxygens (including phenoxy) is 1. The van der Waals surface area contributed by atoms with Gasteiger partial charge in [-0.2, -0.15) is 0 Å². The van der Waals surface area contributed by atoms with E-state index in [4.69, 9.17) is 4.74 Å². The van der Waals surface area contributed by atoms with Gasteiger partial charge in [-0.05, 0) is 19.4 Å². The van der Waals surface area contributed by atoms with Crippen molar-refractivity contribution in [1.29, 1.82) is 0 Å². The third-order valence-corrected chi connectivity index (χ3v) is 1.65. The second kappa shape index (κ2) is 7.10. The van der Waals surface area contributed by atoms with E-state index < -0.39 is 0 Å². The van der Waals surface area contributed by atoms with Crippen molar-refractivity contribution < 1.29 is 9.53 Å². The van der Waals surface area contributed by atoms with Crippen LogP contribution in [0.3, 0.4) is 0 Å². The Balaban J connectivity index is 0.000000561. The maximum Gasteiger partial charge on any atom is 0.302 e. The minimum atomic E-state index is -0.186. The molecule has 0 aliphatic carbocycles. The Hall–Kier alpha value is -0.570. The molecule has 0 saturated carbocycles. The van der Waals surface area contributed by atoms with Gasteiger partial charge in [-0.15, -0.1) is 0 Å². The lowest BCUT2D eigenvalue weighted by Crippen LogP contribution is -2.27. The van der Waals surface area contributed by atoms with E-state index in [1.165, 1.54) is 13.3 Å². The summed E-state index contributed by atoms with van der Waals surface area (Å²) in [4.78, 5) is 10.4. The molecule has 3 nitrogen and oxygen atoms in total. The molecule has 1 fully saturated rings. The molecule has 0 aromatic heterocycles. The molecule has 1 rings (SSSR count). The van der Waals surface area contributed by atoms with Gasteiger partial charge in [0.1, 0.15) is 6.61 Å². The topological polar surface area (TPSA) is 38.3 Å². The lowest BCUT2D eigenvalue weighted by molar-refractivity contribution is -0.141. The highest BCUT2D eigenvalue weighted by Gasteiger charge is 2.14. The molecule has 3 heteroatoms. The molecule has 0 radical (unpaired) electrons. The van der Waals surface area contributed by atoms with Crippen LogP contribution < -0.4 is 5.32 Å². The Morgan fingerprint density at radius 3 is 2.67 bits per heavy atom. The van der Waals surface area contributed by atoms with Crippen LogP contribution in [0.4, 0.5) is 0 Å². The van der Waals surface area contributed by atoms with Gasteiger partial charge >= 0.3 is 5.97 Å². The Morgan fingerprint density at radius 2 is 2.25 bits per heavy atom. The molecule has 1 heterocycles. The highest BCUT2D eigenvalue weighted by atomic mass is 16.5. The summed E-state index contributed by atoms with van der Waals surface area (Å²) in [7, 11) is 0. The first kappa shape index (κ1) is 11.4.